The summed E-state index contributed by atoms with van der Waals surface area (Å²) in [6, 6.07) is 4.19. The predicted octanol–water partition coefficient (Wildman–Crippen LogP) is 6.60. The Balaban J connectivity index is 1.81. The highest BCUT2D eigenvalue weighted by molar-refractivity contribution is 7.24. The highest BCUT2D eigenvalue weighted by atomic mass is 31.1. The number of Topliss-reactive ketones (excluding diaryl/α,β-unsaturated/α-hetero) is 1. The van der Waals surface area contributed by atoms with E-state index in [4.69, 9.17) is 0 Å². The van der Waals surface area contributed by atoms with Crippen molar-refractivity contribution in [3.63, 3.8) is 0 Å². The lowest BCUT2D eigenvalue weighted by Crippen LogP contribution is -2.18. The molecule has 0 aromatic heterocycles. The lowest BCUT2D eigenvalue weighted by atomic mass is 9.85. The number of benzene rings is 1. The third-order valence-electron chi connectivity index (χ3n) is 5.44. The molecule has 1 aliphatic carbocycles. The largest absolute Gasteiger partial charge is 0.294 e. The highest BCUT2D eigenvalue weighted by Crippen LogP contribution is 2.34. The van der Waals surface area contributed by atoms with Crippen molar-refractivity contribution in [2.75, 3.05) is 0 Å². The molecular formula is C21H31O2P. The van der Waals surface area contributed by atoms with Crippen LogP contribution in [0.25, 0.3) is 0 Å². The lowest BCUT2D eigenvalue weighted by Gasteiger charge is -2.25. The molecule has 3 heteroatoms. The van der Waals surface area contributed by atoms with Crippen LogP contribution >= 0.6 is 8.46 Å². The zero-order valence-electron chi connectivity index (χ0n) is 15.4. The van der Waals surface area contributed by atoms with Crippen LogP contribution in [0.2, 0.25) is 0 Å². The predicted molar refractivity (Wildman–Crippen MR) is 101 cm³/mol. The summed E-state index contributed by atoms with van der Waals surface area (Å²) in [5.74, 6) is 0.897. The fraction of sp³-hybridized carbons (Fsp3) is 0.667. The fourth-order valence-corrected chi connectivity index (χ4v) is 5.04. The van der Waals surface area contributed by atoms with E-state index in [1.807, 2.05) is 13.8 Å². The Morgan fingerprint density at radius 3 is 2.29 bits per heavy atom. The molecule has 0 N–H and O–H groups in total. The van der Waals surface area contributed by atoms with E-state index in [1.54, 1.807) is 0 Å². The summed E-state index contributed by atoms with van der Waals surface area (Å²) >= 11 is 0. The van der Waals surface area contributed by atoms with E-state index in [0.29, 0.717) is 26.5 Å². The molecule has 0 amide bonds. The Morgan fingerprint density at radius 2 is 1.71 bits per heavy atom. The smallest absolute Gasteiger partial charge is 0.163 e. The van der Waals surface area contributed by atoms with Crippen molar-refractivity contribution in [1.29, 1.82) is 0 Å². The van der Waals surface area contributed by atoms with Crippen molar-refractivity contribution < 1.29 is 9.36 Å². The van der Waals surface area contributed by atoms with E-state index in [-0.39, 0.29) is 5.78 Å². The van der Waals surface area contributed by atoms with E-state index in [0.717, 1.165) is 36.0 Å². The van der Waals surface area contributed by atoms with Crippen LogP contribution in [0.4, 0.5) is 0 Å². The molecule has 24 heavy (non-hydrogen) atoms. The van der Waals surface area contributed by atoms with Gasteiger partial charge in [-0.3, -0.25) is 9.36 Å². The first-order valence-electron chi connectivity index (χ1n) is 9.46. The van der Waals surface area contributed by atoms with Crippen LogP contribution in [0.15, 0.2) is 12.1 Å². The Morgan fingerprint density at radius 1 is 1.08 bits per heavy atom. The minimum Gasteiger partial charge on any atom is -0.294 e. The average molecular weight is 346 g/mol. The number of aryl methyl sites for hydroxylation is 3. The molecule has 0 aliphatic heterocycles. The number of hydrogen-bond donors (Lipinski definition) is 0. The van der Waals surface area contributed by atoms with Gasteiger partial charge in [0.05, 0.1) is 0 Å². The van der Waals surface area contributed by atoms with E-state index in [2.05, 4.69) is 19.1 Å². The molecule has 1 fully saturated rings. The summed E-state index contributed by atoms with van der Waals surface area (Å²) in [5.41, 5.74) is 4.62. The summed E-state index contributed by atoms with van der Waals surface area (Å²) in [6.45, 7) is 6.13. The molecule has 2 nitrogen and oxygen atoms in total. The van der Waals surface area contributed by atoms with Crippen molar-refractivity contribution in [3.05, 3.63) is 34.4 Å². The Labute approximate surface area is 148 Å². The maximum absolute atomic E-state index is 12.6. The van der Waals surface area contributed by atoms with E-state index < -0.39 is 0 Å². The van der Waals surface area contributed by atoms with Gasteiger partial charge in [0.2, 0.25) is 0 Å². The van der Waals surface area contributed by atoms with Gasteiger partial charge in [0.25, 0.3) is 0 Å². The van der Waals surface area contributed by atoms with Gasteiger partial charge in [-0.2, -0.15) is 0 Å². The third kappa shape index (κ3) is 5.24. The van der Waals surface area contributed by atoms with Crippen LogP contribution < -0.4 is 0 Å². The van der Waals surface area contributed by atoms with Crippen LogP contribution in [-0.2, 0) is 4.57 Å². The molecule has 0 spiro atoms. The maximum atomic E-state index is 12.6. The van der Waals surface area contributed by atoms with Gasteiger partial charge >= 0.3 is 0 Å². The van der Waals surface area contributed by atoms with Gasteiger partial charge in [-0.1, -0.05) is 43.4 Å². The van der Waals surface area contributed by atoms with Crippen molar-refractivity contribution in [3.8, 4) is 0 Å². The first-order chi connectivity index (χ1) is 11.5. The summed E-state index contributed by atoms with van der Waals surface area (Å²) in [7, 11) is 0.311. The molecule has 0 bridgehead atoms. The first-order valence-corrected chi connectivity index (χ1v) is 10.3. The molecule has 1 aromatic carbocycles. The standard InChI is InChI=1S/C21H31O2P/c1-15-13-16(2)21(17(3)14-15)19(22)11-7-8-12-20(24-23)18-9-5-4-6-10-18/h13-14,18,20H,4-12H2,1-3H3. The molecular weight excluding hydrogens is 315 g/mol. The topological polar surface area (TPSA) is 34.1 Å². The van der Waals surface area contributed by atoms with E-state index in [1.165, 1.54) is 37.7 Å². The summed E-state index contributed by atoms with van der Waals surface area (Å²) in [5, 5.41) is 0. The van der Waals surface area contributed by atoms with E-state index in [9.17, 15) is 9.36 Å². The van der Waals surface area contributed by atoms with Gasteiger partial charge in [-0.05, 0) is 63.5 Å². The second kappa shape index (κ2) is 9.47. The van der Waals surface area contributed by atoms with Crippen LogP contribution in [0, 0.1) is 26.7 Å². The van der Waals surface area contributed by atoms with Gasteiger partial charge in [0.15, 0.2) is 14.2 Å². The van der Waals surface area contributed by atoms with Crippen molar-refractivity contribution in [2.45, 2.75) is 84.2 Å². The minimum absolute atomic E-state index is 0.263. The number of ketones is 1. The molecule has 132 valence electrons. The molecule has 1 saturated carbocycles. The van der Waals surface area contributed by atoms with Gasteiger partial charge in [0.1, 0.15) is 0 Å². The molecule has 0 heterocycles. The molecule has 1 atom stereocenters. The number of hydrogen-bond acceptors (Lipinski definition) is 2. The fourth-order valence-electron chi connectivity index (χ4n) is 4.28. The number of carbonyl (C=O) groups excluding carboxylic acids is 1. The monoisotopic (exact) mass is 346 g/mol. The summed E-state index contributed by atoms with van der Waals surface area (Å²) in [4.78, 5) is 12.6. The molecule has 0 saturated heterocycles. The second-order valence-corrected chi connectivity index (χ2v) is 8.39. The van der Waals surface area contributed by atoms with Crippen LogP contribution in [0.3, 0.4) is 0 Å². The normalized spacial score (nSPS) is 17.1. The van der Waals surface area contributed by atoms with Gasteiger partial charge in [0, 0.05) is 17.6 Å². The molecule has 1 unspecified atom stereocenters. The second-order valence-electron chi connectivity index (χ2n) is 7.51. The Hall–Kier alpha value is -1.01. The quantitative estimate of drug-likeness (QED) is 0.302. The molecule has 2 rings (SSSR count). The number of rotatable bonds is 8. The average Bonchev–Trinajstić information content (AvgIpc) is 2.54. The molecule has 1 aliphatic rings. The van der Waals surface area contributed by atoms with Gasteiger partial charge in [-0.15, -0.1) is 0 Å². The Bertz CT molecular complexity index is 550. The van der Waals surface area contributed by atoms with E-state index >= 15 is 0 Å². The van der Waals surface area contributed by atoms with Crippen molar-refractivity contribution in [2.24, 2.45) is 5.92 Å². The number of carbonyl (C=O) groups is 1. The van der Waals surface area contributed by atoms with Crippen LogP contribution in [0.1, 0.15) is 84.8 Å². The molecule has 0 radical (unpaired) electrons. The van der Waals surface area contributed by atoms with Crippen LogP contribution in [-0.4, -0.2) is 11.4 Å². The Kier molecular flexibility index (Phi) is 7.62. The van der Waals surface area contributed by atoms with Gasteiger partial charge < -0.3 is 0 Å². The third-order valence-corrected chi connectivity index (χ3v) is 6.39. The summed E-state index contributed by atoms with van der Waals surface area (Å²) < 4.78 is 11.5. The first kappa shape index (κ1) is 19.3. The molecule has 1 aromatic rings. The summed E-state index contributed by atoms with van der Waals surface area (Å²) in [6.07, 6.45) is 9.91. The highest BCUT2D eigenvalue weighted by Gasteiger charge is 2.23. The van der Waals surface area contributed by atoms with Gasteiger partial charge in [-0.25, -0.2) is 0 Å². The SMILES string of the molecule is Cc1cc(C)c(C(=O)CCCCC(P=O)C2CCCCC2)c(C)c1. The van der Waals surface area contributed by atoms with Crippen molar-refractivity contribution >= 4 is 14.2 Å². The van der Waals surface area contributed by atoms with Crippen LogP contribution in [0.5, 0.6) is 0 Å². The van der Waals surface area contributed by atoms with Crippen molar-refractivity contribution in [1.82, 2.24) is 0 Å². The zero-order valence-corrected chi connectivity index (χ0v) is 16.3. The maximum Gasteiger partial charge on any atom is 0.163 e. The zero-order chi connectivity index (χ0) is 17.5. The lowest BCUT2D eigenvalue weighted by molar-refractivity contribution is 0.0978. The minimum atomic E-state index is 0.263. The number of unbranched alkanes of at least 4 members (excludes halogenated alkanes) is 1.